The molecule has 1 aromatic carbocycles. The first-order valence-corrected chi connectivity index (χ1v) is 4.80. The molecule has 1 aromatic rings. The molecule has 0 aliphatic rings. The Hall–Kier alpha value is -1.64. The molecule has 0 aliphatic heterocycles. The Kier molecular flexibility index (Phi) is 3.24. The van der Waals surface area contributed by atoms with E-state index >= 15 is 0 Å². The minimum absolute atomic E-state index is 0.213. The normalized spacial score (nSPS) is 12.2. The first-order valence-electron chi connectivity index (χ1n) is 4.80. The van der Waals surface area contributed by atoms with Crippen molar-refractivity contribution in [3.63, 3.8) is 0 Å². The molecule has 0 saturated carbocycles. The minimum Gasteiger partial charge on any atom is -0.369 e. The molecule has 0 fully saturated rings. The lowest BCUT2D eigenvalue weighted by Crippen LogP contribution is -2.27. The molecule has 0 aliphatic carbocycles. The molecule has 0 heterocycles. The molecule has 1 unspecified atom stereocenters. The monoisotopic (exact) mass is 205 g/mol. The van der Waals surface area contributed by atoms with Gasteiger partial charge in [0.25, 0.3) is 0 Å². The number of nitrogens with two attached hydrogens (primary N) is 1. The van der Waals surface area contributed by atoms with E-state index in [0.717, 1.165) is 11.1 Å². The van der Waals surface area contributed by atoms with Crippen LogP contribution >= 0.6 is 0 Å². The van der Waals surface area contributed by atoms with Crippen molar-refractivity contribution in [2.45, 2.75) is 26.7 Å². The number of carbonyl (C=O) groups is 2. The van der Waals surface area contributed by atoms with Gasteiger partial charge in [-0.1, -0.05) is 23.8 Å². The molecule has 0 bridgehead atoms. The first kappa shape index (κ1) is 11.4. The van der Waals surface area contributed by atoms with E-state index in [4.69, 9.17) is 5.73 Å². The van der Waals surface area contributed by atoms with Gasteiger partial charge in [0.2, 0.25) is 5.91 Å². The quantitative estimate of drug-likeness (QED) is 0.759. The number of hydrogen-bond acceptors (Lipinski definition) is 2. The molecule has 0 spiro atoms. The van der Waals surface area contributed by atoms with E-state index in [-0.39, 0.29) is 5.78 Å². The second-order valence-electron chi connectivity index (χ2n) is 3.81. The van der Waals surface area contributed by atoms with Crippen LogP contribution in [0.15, 0.2) is 18.2 Å². The Morgan fingerprint density at radius 1 is 1.27 bits per heavy atom. The highest BCUT2D eigenvalue weighted by Crippen LogP contribution is 2.21. The standard InChI is InChI=1S/C12H15NO2/c1-7-4-5-10(8(2)6-7)11(9(3)14)12(13)15/h4-6,11H,1-3H3,(H2,13,15). The van der Waals surface area contributed by atoms with Crippen LogP contribution in [0, 0.1) is 13.8 Å². The Balaban J connectivity index is 3.23. The summed E-state index contributed by atoms with van der Waals surface area (Å²) in [5.74, 6) is -1.62. The fourth-order valence-corrected chi connectivity index (χ4v) is 1.72. The number of benzene rings is 1. The highest BCUT2D eigenvalue weighted by atomic mass is 16.2. The molecule has 3 nitrogen and oxygen atoms in total. The molecule has 0 aromatic heterocycles. The highest BCUT2D eigenvalue weighted by Gasteiger charge is 2.24. The van der Waals surface area contributed by atoms with Gasteiger partial charge in [0.1, 0.15) is 11.7 Å². The molecular weight excluding hydrogens is 190 g/mol. The molecule has 15 heavy (non-hydrogen) atoms. The Labute approximate surface area is 89.3 Å². The topological polar surface area (TPSA) is 60.2 Å². The van der Waals surface area contributed by atoms with E-state index in [1.807, 2.05) is 26.0 Å². The van der Waals surface area contributed by atoms with Gasteiger partial charge in [0.05, 0.1) is 0 Å². The van der Waals surface area contributed by atoms with Gasteiger partial charge in [-0.05, 0) is 31.9 Å². The van der Waals surface area contributed by atoms with Crippen LogP contribution in [0.3, 0.4) is 0 Å². The Morgan fingerprint density at radius 2 is 1.87 bits per heavy atom. The van der Waals surface area contributed by atoms with Gasteiger partial charge in [0, 0.05) is 0 Å². The molecule has 3 heteroatoms. The van der Waals surface area contributed by atoms with Gasteiger partial charge < -0.3 is 5.73 Å². The second-order valence-corrected chi connectivity index (χ2v) is 3.81. The van der Waals surface area contributed by atoms with Crippen LogP contribution in [0.1, 0.15) is 29.5 Å². The van der Waals surface area contributed by atoms with Crippen molar-refractivity contribution in [1.29, 1.82) is 0 Å². The molecule has 2 N–H and O–H groups in total. The summed E-state index contributed by atoms with van der Waals surface area (Å²) in [6.07, 6.45) is 0. The summed E-state index contributed by atoms with van der Waals surface area (Å²) in [6.45, 7) is 5.22. The van der Waals surface area contributed by atoms with Crippen LogP contribution < -0.4 is 5.73 Å². The number of hydrogen-bond donors (Lipinski definition) is 1. The summed E-state index contributed by atoms with van der Waals surface area (Å²) in [5, 5.41) is 0. The lowest BCUT2D eigenvalue weighted by Gasteiger charge is -2.13. The summed E-state index contributed by atoms with van der Waals surface area (Å²) in [6, 6.07) is 5.61. The third kappa shape index (κ3) is 2.43. The number of Topliss-reactive ketones (excluding diaryl/α,β-unsaturated/α-hetero) is 1. The first-order chi connectivity index (χ1) is 6.93. The molecule has 80 valence electrons. The number of amides is 1. The van der Waals surface area contributed by atoms with Crippen molar-refractivity contribution in [3.05, 3.63) is 34.9 Å². The fraction of sp³-hybridized carbons (Fsp3) is 0.333. The zero-order chi connectivity index (χ0) is 11.6. The van der Waals surface area contributed by atoms with Gasteiger partial charge in [-0.25, -0.2) is 0 Å². The smallest absolute Gasteiger partial charge is 0.232 e. The Bertz CT molecular complexity index is 396. The maximum atomic E-state index is 11.3. The van der Waals surface area contributed by atoms with E-state index < -0.39 is 11.8 Å². The maximum Gasteiger partial charge on any atom is 0.232 e. The van der Waals surface area contributed by atoms with E-state index in [0.29, 0.717) is 5.56 Å². The number of carbonyl (C=O) groups excluding carboxylic acids is 2. The molecular formula is C12H15NO2. The van der Waals surface area contributed by atoms with Crippen LogP contribution in [0.2, 0.25) is 0 Å². The van der Waals surface area contributed by atoms with Crippen molar-refractivity contribution >= 4 is 11.7 Å². The van der Waals surface area contributed by atoms with Crippen molar-refractivity contribution in [1.82, 2.24) is 0 Å². The maximum absolute atomic E-state index is 11.3. The number of ketones is 1. The molecule has 0 radical (unpaired) electrons. The van der Waals surface area contributed by atoms with E-state index in [1.165, 1.54) is 6.92 Å². The van der Waals surface area contributed by atoms with Gasteiger partial charge in [-0.3, -0.25) is 9.59 Å². The molecule has 1 rings (SSSR count). The average Bonchev–Trinajstić information content (AvgIpc) is 2.08. The molecule has 1 amide bonds. The average molecular weight is 205 g/mol. The van der Waals surface area contributed by atoms with E-state index in [9.17, 15) is 9.59 Å². The SMILES string of the molecule is CC(=O)C(C(N)=O)c1ccc(C)cc1C. The van der Waals surface area contributed by atoms with E-state index in [1.54, 1.807) is 6.07 Å². The van der Waals surface area contributed by atoms with Crippen LogP contribution in [0.4, 0.5) is 0 Å². The van der Waals surface area contributed by atoms with Gasteiger partial charge in [-0.15, -0.1) is 0 Å². The summed E-state index contributed by atoms with van der Waals surface area (Å²) in [5.41, 5.74) is 7.95. The predicted octanol–water partition coefficient (Wildman–Crippen LogP) is 1.46. The van der Waals surface area contributed by atoms with Crippen LogP contribution in [-0.4, -0.2) is 11.7 Å². The lowest BCUT2D eigenvalue weighted by atomic mass is 9.90. The molecule has 0 saturated heterocycles. The number of rotatable bonds is 3. The summed E-state index contributed by atoms with van der Waals surface area (Å²) in [4.78, 5) is 22.5. The third-order valence-corrected chi connectivity index (χ3v) is 2.43. The highest BCUT2D eigenvalue weighted by molar-refractivity contribution is 6.05. The van der Waals surface area contributed by atoms with E-state index in [2.05, 4.69) is 0 Å². The van der Waals surface area contributed by atoms with Crippen LogP contribution in [0.25, 0.3) is 0 Å². The van der Waals surface area contributed by atoms with Crippen molar-refractivity contribution in [2.75, 3.05) is 0 Å². The number of aryl methyl sites for hydroxylation is 2. The lowest BCUT2D eigenvalue weighted by molar-refractivity contribution is -0.127. The summed E-state index contributed by atoms with van der Waals surface area (Å²) >= 11 is 0. The fourth-order valence-electron chi connectivity index (χ4n) is 1.72. The molecule has 1 atom stereocenters. The minimum atomic E-state index is -0.814. The largest absolute Gasteiger partial charge is 0.369 e. The summed E-state index contributed by atoms with van der Waals surface area (Å²) in [7, 11) is 0. The zero-order valence-corrected chi connectivity index (χ0v) is 9.20. The van der Waals surface area contributed by atoms with Gasteiger partial charge in [0.15, 0.2) is 0 Å². The van der Waals surface area contributed by atoms with Crippen LogP contribution in [-0.2, 0) is 9.59 Å². The van der Waals surface area contributed by atoms with Crippen LogP contribution in [0.5, 0.6) is 0 Å². The second kappa shape index (κ2) is 4.26. The predicted molar refractivity (Wildman–Crippen MR) is 58.5 cm³/mol. The third-order valence-electron chi connectivity index (χ3n) is 2.43. The van der Waals surface area contributed by atoms with Crippen molar-refractivity contribution < 1.29 is 9.59 Å². The number of primary amides is 1. The van der Waals surface area contributed by atoms with Crippen molar-refractivity contribution in [3.8, 4) is 0 Å². The van der Waals surface area contributed by atoms with Crippen molar-refractivity contribution in [2.24, 2.45) is 5.73 Å². The zero-order valence-electron chi connectivity index (χ0n) is 9.20. The van der Waals surface area contributed by atoms with Gasteiger partial charge in [-0.2, -0.15) is 0 Å². The summed E-state index contributed by atoms with van der Waals surface area (Å²) < 4.78 is 0. The Morgan fingerprint density at radius 3 is 2.27 bits per heavy atom. The van der Waals surface area contributed by atoms with Gasteiger partial charge >= 0.3 is 0 Å².